The Balaban J connectivity index is 3.05. The van der Waals surface area contributed by atoms with E-state index in [1.54, 1.807) is 0 Å². The molecule has 0 aliphatic rings. The second-order valence-corrected chi connectivity index (χ2v) is 2.67. The Morgan fingerprint density at radius 2 is 2.09 bits per heavy atom. The first-order chi connectivity index (χ1) is 5.11. The number of nitrogens with two attached hydrogens (primary N) is 1. The Kier molecular flexibility index (Phi) is 2.38. The lowest BCUT2D eigenvalue weighted by Gasteiger charge is -2.00. The van der Waals surface area contributed by atoms with Crippen molar-refractivity contribution in [2.75, 3.05) is 5.73 Å². The minimum atomic E-state index is -2.55. The van der Waals surface area contributed by atoms with E-state index in [0.717, 1.165) is 0 Å². The van der Waals surface area contributed by atoms with Crippen molar-refractivity contribution in [1.29, 1.82) is 0 Å². The van der Waals surface area contributed by atoms with Crippen molar-refractivity contribution in [3.63, 3.8) is 0 Å². The van der Waals surface area contributed by atoms with Crippen LogP contribution in [0.3, 0.4) is 0 Å². The van der Waals surface area contributed by atoms with Crippen molar-refractivity contribution in [1.82, 2.24) is 4.98 Å². The zero-order chi connectivity index (χ0) is 8.43. The average Bonchev–Trinajstić information content (AvgIpc) is 1.94. The van der Waals surface area contributed by atoms with Crippen LogP contribution in [0.1, 0.15) is 12.1 Å². The Labute approximate surface area is 70.6 Å². The second-order valence-electron chi connectivity index (χ2n) is 1.92. The zero-order valence-electron chi connectivity index (χ0n) is 5.39. The normalized spacial score (nSPS) is 10.5. The summed E-state index contributed by atoms with van der Waals surface area (Å²) in [5.41, 5.74) is 5.42. The number of anilines is 1. The highest BCUT2D eigenvalue weighted by atomic mass is 79.9. The van der Waals surface area contributed by atoms with Crippen molar-refractivity contribution < 1.29 is 8.78 Å². The lowest BCUT2D eigenvalue weighted by molar-refractivity contribution is 0.146. The highest BCUT2D eigenvalue weighted by molar-refractivity contribution is 9.10. The van der Waals surface area contributed by atoms with Gasteiger partial charge in [-0.2, -0.15) is 0 Å². The maximum Gasteiger partial charge on any atom is 0.280 e. The summed E-state index contributed by atoms with van der Waals surface area (Å²) in [6.45, 7) is 0. The van der Waals surface area contributed by atoms with Gasteiger partial charge in [-0.05, 0) is 28.1 Å². The van der Waals surface area contributed by atoms with E-state index in [0.29, 0.717) is 5.69 Å². The van der Waals surface area contributed by atoms with Crippen molar-refractivity contribution >= 4 is 21.6 Å². The van der Waals surface area contributed by atoms with Gasteiger partial charge in [0.2, 0.25) is 0 Å². The minimum Gasteiger partial charge on any atom is -0.397 e. The van der Waals surface area contributed by atoms with Crippen molar-refractivity contribution in [3.05, 3.63) is 22.4 Å². The lowest BCUT2D eigenvalue weighted by atomic mass is 10.3. The number of nitrogens with zero attached hydrogens (tertiary/aromatic N) is 1. The summed E-state index contributed by atoms with van der Waals surface area (Å²) in [7, 11) is 0. The van der Waals surface area contributed by atoms with Gasteiger partial charge in [0, 0.05) is 0 Å². The molecule has 0 aromatic carbocycles. The molecule has 0 saturated heterocycles. The monoisotopic (exact) mass is 222 g/mol. The van der Waals surface area contributed by atoms with E-state index in [1.807, 2.05) is 0 Å². The zero-order valence-corrected chi connectivity index (χ0v) is 6.98. The summed E-state index contributed by atoms with van der Waals surface area (Å²) < 4.78 is 24.2. The summed E-state index contributed by atoms with van der Waals surface area (Å²) in [6.07, 6.45) is -2.55. The molecule has 0 bridgehead atoms. The highest BCUT2D eigenvalue weighted by Crippen LogP contribution is 2.22. The van der Waals surface area contributed by atoms with Crippen molar-refractivity contribution in [2.24, 2.45) is 0 Å². The summed E-state index contributed by atoms with van der Waals surface area (Å²) in [4.78, 5) is 3.51. The Morgan fingerprint density at radius 3 is 2.55 bits per heavy atom. The molecule has 0 unspecified atom stereocenters. The molecular weight excluding hydrogens is 218 g/mol. The molecule has 0 saturated carbocycles. The van der Waals surface area contributed by atoms with Crippen molar-refractivity contribution in [3.8, 4) is 0 Å². The molecule has 60 valence electrons. The van der Waals surface area contributed by atoms with Gasteiger partial charge < -0.3 is 5.73 Å². The number of alkyl halides is 2. The fraction of sp³-hybridized carbons (Fsp3) is 0.167. The molecule has 0 radical (unpaired) electrons. The number of hydrogen-bond donors (Lipinski definition) is 1. The highest BCUT2D eigenvalue weighted by Gasteiger charge is 2.09. The summed E-state index contributed by atoms with van der Waals surface area (Å²) in [6, 6.07) is 2.59. The predicted octanol–water partition coefficient (Wildman–Crippen LogP) is 2.36. The third-order valence-corrected chi connectivity index (χ3v) is 1.76. The van der Waals surface area contributed by atoms with Gasteiger partial charge in [0.25, 0.3) is 6.43 Å². The van der Waals surface area contributed by atoms with Crippen LogP contribution < -0.4 is 5.73 Å². The molecule has 2 nitrogen and oxygen atoms in total. The molecule has 0 fully saturated rings. The van der Waals surface area contributed by atoms with Crippen LogP contribution in [0.25, 0.3) is 0 Å². The van der Waals surface area contributed by atoms with E-state index in [9.17, 15) is 8.78 Å². The number of hydrogen-bond acceptors (Lipinski definition) is 2. The van der Waals surface area contributed by atoms with Crippen LogP contribution in [0.5, 0.6) is 0 Å². The summed E-state index contributed by atoms with van der Waals surface area (Å²) in [5, 5.41) is 0. The molecule has 11 heavy (non-hydrogen) atoms. The number of rotatable bonds is 1. The van der Waals surface area contributed by atoms with Crippen LogP contribution in [0, 0.1) is 0 Å². The first-order valence-corrected chi connectivity index (χ1v) is 3.60. The molecule has 1 aromatic heterocycles. The van der Waals surface area contributed by atoms with Gasteiger partial charge in [-0.3, -0.25) is 0 Å². The maximum absolute atomic E-state index is 12.0. The number of aromatic nitrogens is 1. The number of pyridine rings is 1. The predicted molar refractivity (Wildman–Crippen MR) is 41.3 cm³/mol. The van der Waals surface area contributed by atoms with Gasteiger partial charge in [-0.25, -0.2) is 13.8 Å². The smallest absolute Gasteiger partial charge is 0.280 e. The van der Waals surface area contributed by atoms with E-state index in [1.165, 1.54) is 12.1 Å². The van der Waals surface area contributed by atoms with Gasteiger partial charge in [-0.1, -0.05) is 0 Å². The van der Waals surface area contributed by atoms with Gasteiger partial charge >= 0.3 is 0 Å². The molecule has 0 spiro atoms. The van der Waals surface area contributed by atoms with E-state index in [-0.39, 0.29) is 10.3 Å². The topological polar surface area (TPSA) is 38.9 Å². The quantitative estimate of drug-likeness (QED) is 0.742. The minimum absolute atomic E-state index is 0.260. The second kappa shape index (κ2) is 3.13. The van der Waals surface area contributed by atoms with Crippen LogP contribution >= 0.6 is 15.9 Å². The fourth-order valence-corrected chi connectivity index (χ4v) is 0.918. The molecule has 0 aliphatic carbocycles. The van der Waals surface area contributed by atoms with E-state index in [2.05, 4.69) is 20.9 Å². The van der Waals surface area contributed by atoms with Crippen LogP contribution in [-0.2, 0) is 0 Å². The first-order valence-electron chi connectivity index (χ1n) is 2.81. The maximum atomic E-state index is 12.0. The van der Waals surface area contributed by atoms with Gasteiger partial charge in [-0.15, -0.1) is 0 Å². The van der Waals surface area contributed by atoms with Gasteiger partial charge in [0.15, 0.2) is 0 Å². The standard InChI is InChI=1S/C6H5BrF2N2/c7-5-3(10)1-2-4(11-5)6(8)9/h1-2,6H,10H2. The number of halogens is 3. The SMILES string of the molecule is Nc1ccc(C(F)F)nc1Br. The van der Waals surface area contributed by atoms with Crippen LogP contribution in [0.15, 0.2) is 16.7 Å². The third kappa shape index (κ3) is 1.86. The molecule has 1 heterocycles. The summed E-state index contributed by atoms with van der Waals surface area (Å²) in [5.74, 6) is 0. The van der Waals surface area contributed by atoms with E-state index < -0.39 is 6.43 Å². The van der Waals surface area contributed by atoms with Crippen LogP contribution in [0.2, 0.25) is 0 Å². The van der Waals surface area contributed by atoms with E-state index in [4.69, 9.17) is 5.73 Å². The first kappa shape index (κ1) is 8.39. The lowest BCUT2D eigenvalue weighted by Crippen LogP contribution is -1.94. The summed E-state index contributed by atoms with van der Waals surface area (Å²) >= 11 is 2.94. The molecular formula is C6H5BrF2N2. The number of nitrogen functional groups attached to an aromatic ring is 1. The fourth-order valence-electron chi connectivity index (χ4n) is 0.581. The molecule has 1 aromatic rings. The van der Waals surface area contributed by atoms with E-state index >= 15 is 0 Å². The Hall–Kier alpha value is -0.710. The van der Waals surface area contributed by atoms with Gasteiger partial charge in [0.1, 0.15) is 10.3 Å². The van der Waals surface area contributed by atoms with Gasteiger partial charge in [0.05, 0.1) is 5.69 Å². The molecule has 0 amide bonds. The molecule has 5 heteroatoms. The Morgan fingerprint density at radius 1 is 1.45 bits per heavy atom. The molecule has 0 aliphatic heterocycles. The van der Waals surface area contributed by atoms with Crippen LogP contribution in [-0.4, -0.2) is 4.98 Å². The molecule has 1 rings (SSSR count). The van der Waals surface area contributed by atoms with Crippen molar-refractivity contribution in [2.45, 2.75) is 6.43 Å². The molecule has 0 atom stereocenters. The largest absolute Gasteiger partial charge is 0.397 e. The molecule has 2 N–H and O–H groups in total. The van der Waals surface area contributed by atoms with Crippen LogP contribution in [0.4, 0.5) is 14.5 Å². The third-order valence-electron chi connectivity index (χ3n) is 1.12. The average molecular weight is 223 g/mol. The Bertz CT molecular complexity index is 265.